The van der Waals surface area contributed by atoms with Crippen LogP contribution in [0.1, 0.15) is 42.9 Å². The molecule has 0 saturated heterocycles. The van der Waals surface area contributed by atoms with E-state index in [0.717, 1.165) is 12.5 Å². The number of Topliss-reactive ketones (excluding diaryl/α,β-unsaturated/α-hetero) is 1. The van der Waals surface area contributed by atoms with Crippen LogP contribution < -0.4 is 0 Å². The molecule has 0 N–H and O–H groups in total. The molecule has 0 atom stereocenters. The molecular formula is C9H12F2N2O. The minimum Gasteiger partial charge on any atom is -0.293 e. The maximum absolute atomic E-state index is 12.3. The van der Waals surface area contributed by atoms with Crippen molar-refractivity contribution in [2.45, 2.75) is 33.2 Å². The lowest BCUT2D eigenvalue weighted by Crippen LogP contribution is -2.07. The van der Waals surface area contributed by atoms with Gasteiger partial charge in [-0.1, -0.05) is 6.92 Å². The highest BCUT2D eigenvalue weighted by Crippen LogP contribution is 2.18. The molecule has 1 aromatic rings. The third-order valence-corrected chi connectivity index (χ3v) is 1.82. The molecule has 0 aliphatic carbocycles. The van der Waals surface area contributed by atoms with Crippen LogP contribution >= 0.6 is 0 Å². The van der Waals surface area contributed by atoms with Crippen molar-refractivity contribution in [3.63, 3.8) is 0 Å². The molecule has 5 heteroatoms. The smallest absolute Gasteiger partial charge is 0.282 e. The van der Waals surface area contributed by atoms with Crippen LogP contribution in [-0.4, -0.2) is 15.6 Å². The Morgan fingerprint density at radius 3 is 2.71 bits per heavy atom. The Labute approximate surface area is 80.7 Å². The highest BCUT2D eigenvalue weighted by molar-refractivity contribution is 5.92. The van der Waals surface area contributed by atoms with E-state index < -0.39 is 6.43 Å². The molecule has 0 fully saturated rings. The second-order valence-corrected chi connectivity index (χ2v) is 3.03. The molecule has 1 heterocycles. The van der Waals surface area contributed by atoms with E-state index in [-0.39, 0.29) is 17.2 Å². The topological polar surface area (TPSA) is 34.9 Å². The molecule has 0 radical (unpaired) electrons. The van der Waals surface area contributed by atoms with E-state index in [1.54, 1.807) is 0 Å². The van der Waals surface area contributed by atoms with Crippen molar-refractivity contribution in [1.82, 2.24) is 9.78 Å². The normalized spacial score (nSPS) is 10.9. The number of halogens is 2. The van der Waals surface area contributed by atoms with Crippen molar-refractivity contribution < 1.29 is 13.6 Å². The van der Waals surface area contributed by atoms with E-state index in [0.29, 0.717) is 6.54 Å². The van der Waals surface area contributed by atoms with E-state index in [4.69, 9.17) is 0 Å². The number of aryl methyl sites for hydroxylation is 1. The number of carbonyl (C=O) groups excluding carboxylic acids is 1. The molecule has 0 spiro atoms. The summed E-state index contributed by atoms with van der Waals surface area (Å²) in [6, 6.07) is 1.16. The fourth-order valence-electron chi connectivity index (χ4n) is 1.21. The lowest BCUT2D eigenvalue weighted by molar-refractivity contribution is 0.100. The number of hydrogen-bond acceptors (Lipinski definition) is 2. The van der Waals surface area contributed by atoms with Crippen molar-refractivity contribution in [3.05, 3.63) is 17.5 Å². The van der Waals surface area contributed by atoms with E-state index in [9.17, 15) is 13.6 Å². The maximum Gasteiger partial charge on any atom is 0.282 e. The first-order valence-corrected chi connectivity index (χ1v) is 4.43. The summed E-state index contributed by atoms with van der Waals surface area (Å²) in [5, 5.41) is 3.67. The summed E-state index contributed by atoms with van der Waals surface area (Å²) in [7, 11) is 0. The Morgan fingerprint density at radius 1 is 1.64 bits per heavy atom. The van der Waals surface area contributed by atoms with Crippen LogP contribution in [-0.2, 0) is 6.54 Å². The Bertz CT molecular complexity index is 334. The minimum absolute atomic E-state index is 0.238. The predicted molar refractivity (Wildman–Crippen MR) is 47.5 cm³/mol. The summed E-state index contributed by atoms with van der Waals surface area (Å²) in [6.45, 7) is 3.73. The van der Waals surface area contributed by atoms with Gasteiger partial charge in [-0.3, -0.25) is 9.48 Å². The standard InChI is InChI=1S/C9H12F2N2O/c1-3-4-13-8(6(2)14)5-7(12-13)9(10)11/h5,9H,3-4H2,1-2H3. The molecule has 0 amide bonds. The first-order chi connectivity index (χ1) is 6.56. The summed E-state index contributed by atoms with van der Waals surface area (Å²) < 4.78 is 25.9. The van der Waals surface area contributed by atoms with Crippen molar-refractivity contribution in [2.24, 2.45) is 0 Å². The van der Waals surface area contributed by atoms with Gasteiger partial charge in [0.1, 0.15) is 11.4 Å². The van der Waals surface area contributed by atoms with Crippen LogP contribution in [0.3, 0.4) is 0 Å². The Kier molecular flexibility index (Phi) is 3.33. The van der Waals surface area contributed by atoms with Gasteiger partial charge in [0.15, 0.2) is 5.78 Å². The zero-order chi connectivity index (χ0) is 10.7. The summed E-state index contributed by atoms with van der Waals surface area (Å²) in [5.41, 5.74) is -0.0780. The molecule has 14 heavy (non-hydrogen) atoms. The van der Waals surface area contributed by atoms with Gasteiger partial charge < -0.3 is 0 Å². The van der Waals surface area contributed by atoms with Gasteiger partial charge in [0.25, 0.3) is 6.43 Å². The Hall–Kier alpha value is -1.26. The molecule has 1 aromatic heterocycles. The molecule has 0 bridgehead atoms. The zero-order valence-electron chi connectivity index (χ0n) is 8.13. The minimum atomic E-state index is -2.62. The van der Waals surface area contributed by atoms with Gasteiger partial charge in [-0.05, 0) is 12.5 Å². The van der Waals surface area contributed by atoms with Gasteiger partial charge in [-0.25, -0.2) is 8.78 Å². The number of alkyl halides is 2. The molecule has 0 aromatic carbocycles. The average molecular weight is 202 g/mol. The van der Waals surface area contributed by atoms with Crippen LogP contribution in [0.15, 0.2) is 6.07 Å². The van der Waals surface area contributed by atoms with Crippen molar-refractivity contribution in [3.8, 4) is 0 Å². The van der Waals surface area contributed by atoms with Crippen LogP contribution in [0.2, 0.25) is 0 Å². The monoisotopic (exact) mass is 202 g/mol. The van der Waals surface area contributed by atoms with Crippen LogP contribution in [0.4, 0.5) is 8.78 Å². The number of nitrogens with zero attached hydrogens (tertiary/aromatic N) is 2. The highest BCUT2D eigenvalue weighted by Gasteiger charge is 2.17. The van der Waals surface area contributed by atoms with Gasteiger partial charge in [0, 0.05) is 13.5 Å². The molecule has 3 nitrogen and oxygen atoms in total. The Balaban J connectivity index is 3.05. The SMILES string of the molecule is CCCn1nc(C(F)F)cc1C(C)=O. The summed E-state index contributed by atoms with van der Waals surface area (Å²) in [4.78, 5) is 11.1. The van der Waals surface area contributed by atoms with Gasteiger partial charge in [-0.15, -0.1) is 0 Å². The highest BCUT2D eigenvalue weighted by atomic mass is 19.3. The van der Waals surface area contributed by atoms with E-state index >= 15 is 0 Å². The van der Waals surface area contributed by atoms with Gasteiger partial charge in [-0.2, -0.15) is 5.10 Å². The first-order valence-electron chi connectivity index (χ1n) is 4.43. The number of aromatic nitrogens is 2. The summed E-state index contributed by atoms with van der Waals surface area (Å²) in [6.07, 6.45) is -1.86. The molecule has 0 aliphatic heterocycles. The van der Waals surface area contributed by atoms with Crippen LogP contribution in [0, 0.1) is 0 Å². The van der Waals surface area contributed by atoms with E-state index in [1.165, 1.54) is 11.6 Å². The zero-order valence-corrected chi connectivity index (χ0v) is 8.13. The lowest BCUT2D eigenvalue weighted by Gasteiger charge is -2.01. The van der Waals surface area contributed by atoms with Crippen molar-refractivity contribution >= 4 is 5.78 Å². The molecular weight excluding hydrogens is 190 g/mol. The molecule has 0 unspecified atom stereocenters. The Morgan fingerprint density at radius 2 is 2.29 bits per heavy atom. The number of hydrogen-bond donors (Lipinski definition) is 0. The third-order valence-electron chi connectivity index (χ3n) is 1.82. The second-order valence-electron chi connectivity index (χ2n) is 3.03. The van der Waals surface area contributed by atoms with Crippen LogP contribution in [0.25, 0.3) is 0 Å². The molecule has 1 rings (SSSR count). The number of carbonyl (C=O) groups is 1. The molecule has 0 saturated carbocycles. The van der Waals surface area contributed by atoms with Gasteiger partial charge >= 0.3 is 0 Å². The van der Waals surface area contributed by atoms with Gasteiger partial charge in [0.2, 0.25) is 0 Å². The van der Waals surface area contributed by atoms with E-state index in [2.05, 4.69) is 5.10 Å². The second kappa shape index (κ2) is 4.30. The largest absolute Gasteiger partial charge is 0.293 e. The predicted octanol–water partition coefficient (Wildman–Crippen LogP) is 2.43. The van der Waals surface area contributed by atoms with Crippen LogP contribution in [0.5, 0.6) is 0 Å². The van der Waals surface area contributed by atoms with Crippen molar-refractivity contribution in [1.29, 1.82) is 0 Å². The van der Waals surface area contributed by atoms with E-state index in [1.807, 2.05) is 6.92 Å². The summed E-state index contributed by atoms with van der Waals surface area (Å²) >= 11 is 0. The lowest BCUT2D eigenvalue weighted by atomic mass is 10.3. The molecule has 0 aliphatic rings. The average Bonchev–Trinajstić information content (AvgIpc) is 2.49. The number of rotatable bonds is 4. The third kappa shape index (κ3) is 2.16. The first kappa shape index (κ1) is 10.8. The fourth-order valence-corrected chi connectivity index (χ4v) is 1.21. The quantitative estimate of drug-likeness (QED) is 0.703. The number of ketones is 1. The fraction of sp³-hybridized carbons (Fsp3) is 0.556. The molecule has 78 valence electrons. The maximum atomic E-state index is 12.3. The van der Waals surface area contributed by atoms with Gasteiger partial charge in [0.05, 0.1) is 0 Å². The van der Waals surface area contributed by atoms with Crippen molar-refractivity contribution in [2.75, 3.05) is 0 Å². The summed E-state index contributed by atoms with van der Waals surface area (Å²) in [5.74, 6) is -0.238.